The first-order valence-electron chi connectivity index (χ1n) is 2.85. The number of alkyl halides is 7. The Morgan fingerprint density at radius 3 is 1.67 bits per heavy atom. The van der Waals surface area contributed by atoms with E-state index in [9.17, 15) is 30.7 Å². The molecule has 0 heterocycles. The zero-order valence-electron chi connectivity index (χ0n) is 5.64. The summed E-state index contributed by atoms with van der Waals surface area (Å²) in [7, 11) is 0. The van der Waals surface area contributed by atoms with E-state index in [-0.39, 0.29) is 0 Å². The van der Waals surface area contributed by atoms with Gasteiger partial charge in [0, 0.05) is 6.42 Å². The van der Waals surface area contributed by atoms with Gasteiger partial charge in [0.1, 0.15) is 0 Å². The lowest BCUT2D eigenvalue weighted by Gasteiger charge is -2.24. The van der Waals surface area contributed by atoms with E-state index in [1.165, 1.54) is 0 Å². The predicted molar refractivity (Wildman–Crippen MR) is 26.5 cm³/mol. The highest BCUT2D eigenvalue weighted by atomic mass is 19.3. The minimum Gasteiger partial charge on any atom is -0.251 e. The van der Waals surface area contributed by atoms with Crippen molar-refractivity contribution in [1.82, 2.24) is 0 Å². The van der Waals surface area contributed by atoms with Gasteiger partial charge in [-0.15, -0.1) is 0 Å². The number of hydrogen-bond donors (Lipinski definition) is 0. The molecule has 0 radical (unpaired) electrons. The van der Waals surface area contributed by atoms with Crippen molar-refractivity contribution >= 4 is 0 Å². The van der Waals surface area contributed by atoms with Gasteiger partial charge in [0.05, 0.1) is 6.67 Å². The summed E-state index contributed by atoms with van der Waals surface area (Å²) in [5.41, 5.74) is 0. The zero-order valence-corrected chi connectivity index (χ0v) is 5.64. The Morgan fingerprint density at radius 2 is 1.42 bits per heavy atom. The molecule has 0 aliphatic heterocycles. The molecule has 74 valence electrons. The van der Waals surface area contributed by atoms with Crippen molar-refractivity contribution in [2.45, 2.75) is 24.7 Å². The van der Waals surface area contributed by atoms with E-state index in [0.717, 1.165) is 0 Å². The molecule has 0 amide bonds. The number of halogens is 7. The van der Waals surface area contributed by atoms with Gasteiger partial charge >= 0.3 is 18.3 Å². The summed E-state index contributed by atoms with van der Waals surface area (Å²) in [6.45, 7) is -1.77. The summed E-state index contributed by atoms with van der Waals surface area (Å²) in [6, 6.07) is 0. The van der Waals surface area contributed by atoms with Gasteiger partial charge in [-0.2, -0.15) is 17.6 Å². The van der Waals surface area contributed by atoms with E-state index < -0.39 is 31.4 Å². The van der Waals surface area contributed by atoms with Crippen LogP contribution in [0.1, 0.15) is 6.42 Å². The molecule has 0 fully saturated rings. The lowest BCUT2D eigenvalue weighted by molar-refractivity contribution is -0.266. The van der Waals surface area contributed by atoms with E-state index in [0.29, 0.717) is 0 Å². The van der Waals surface area contributed by atoms with Gasteiger partial charge in [-0.05, 0) is 0 Å². The van der Waals surface area contributed by atoms with Gasteiger partial charge in [0.15, 0.2) is 0 Å². The smallest absolute Gasteiger partial charge is 0.251 e. The van der Waals surface area contributed by atoms with E-state index in [1.54, 1.807) is 0 Å². The monoisotopic (exact) mass is 198 g/mol. The van der Waals surface area contributed by atoms with E-state index in [4.69, 9.17) is 0 Å². The number of rotatable bonds is 4. The van der Waals surface area contributed by atoms with Gasteiger partial charge in [-0.25, -0.2) is 8.78 Å². The Hall–Kier alpha value is -0.490. The third kappa shape index (κ3) is 2.01. The largest absolute Gasteiger partial charge is 0.369 e. The summed E-state index contributed by atoms with van der Waals surface area (Å²) < 4.78 is 81.4. The first-order chi connectivity index (χ1) is 5.25. The van der Waals surface area contributed by atoms with Crippen LogP contribution in [0.2, 0.25) is 0 Å². The van der Waals surface area contributed by atoms with Crippen LogP contribution in [0.5, 0.6) is 0 Å². The van der Waals surface area contributed by atoms with E-state index in [1.807, 2.05) is 0 Å². The first kappa shape index (κ1) is 11.5. The van der Waals surface area contributed by atoms with Crippen LogP contribution in [0.4, 0.5) is 30.7 Å². The Labute approximate surface area is 63.4 Å². The summed E-state index contributed by atoms with van der Waals surface area (Å²) in [5, 5.41) is 0. The van der Waals surface area contributed by atoms with Crippen LogP contribution >= 0.6 is 0 Å². The summed E-state index contributed by atoms with van der Waals surface area (Å²) in [5.74, 6) is -10.4. The SMILES string of the molecule is FCCC(F)(F)C(F)(F)C(F)F. The summed E-state index contributed by atoms with van der Waals surface area (Å²) in [4.78, 5) is 0. The zero-order chi connectivity index (χ0) is 9.99. The molecule has 0 atom stereocenters. The van der Waals surface area contributed by atoms with Crippen LogP contribution in [-0.4, -0.2) is 24.9 Å². The predicted octanol–water partition coefficient (Wildman–Crippen LogP) is 2.88. The Kier molecular flexibility index (Phi) is 3.34. The van der Waals surface area contributed by atoms with Crippen molar-refractivity contribution in [2.24, 2.45) is 0 Å². The molecule has 0 saturated carbocycles. The lowest BCUT2D eigenvalue weighted by Crippen LogP contribution is -2.46. The second kappa shape index (κ2) is 3.49. The van der Waals surface area contributed by atoms with Gasteiger partial charge in [-0.1, -0.05) is 0 Å². The normalized spacial score (nSPS) is 14.0. The fourth-order valence-electron chi connectivity index (χ4n) is 0.445. The third-order valence-corrected chi connectivity index (χ3v) is 1.17. The molecule has 12 heavy (non-hydrogen) atoms. The molecule has 0 bridgehead atoms. The van der Waals surface area contributed by atoms with Gasteiger partial charge in [0.2, 0.25) is 0 Å². The van der Waals surface area contributed by atoms with Crippen molar-refractivity contribution in [3.8, 4) is 0 Å². The maximum atomic E-state index is 12.0. The third-order valence-electron chi connectivity index (χ3n) is 1.17. The van der Waals surface area contributed by atoms with Gasteiger partial charge in [0.25, 0.3) is 0 Å². The molecule has 0 spiro atoms. The summed E-state index contributed by atoms with van der Waals surface area (Å²) in [6.07, 6.45) is -6.39. The molecule has 0 aromatic carbocycles. The molecule has 0 aromatic rings. The second-order valence-electron chi connectivity index (χ2n) is 2.07. The molecule has 0 saturated heterocycles. The standard InChI is InChI=1S/C5H5F7/c6-2-1-4(9,10)5(11,12)3(7)8/h3H,1-2H2. The molecule has 0 aromatic heterocycles. The van der Waals surface area contributed by atoms with Crippen LogP contribution in [0.15, 0.2) is 0 Å². The van der Waals surface area contributed by atoms with E-state index in [2.05, 4.69) is 0 Å². The van der Waals surface area contributed by atoms with Crippen molar-refractivity contribution in [3.05, 3.63) is 0 Å². The van der Waals surface area contributed by atoms with Crippen molar-refractivity contribution < 1.29 is 30.7 Å². The molecule has 0 rings (SSSR count). The molecule has 0 unspecified atom stereocenters. The van der Waals surface area contributed by atoms with Crippen LogP contribution in [0, 0.1) is 0 Å². The molecule has 0 nitrogen and oxygen atoms in total. The number of hydrogen-bond acceptors (Lipinski definition) is 0. The van der Waals surface area contributed by atoms with Crippen LogP contribution < -0.4 is 0 Å². The average molecular weight is 198 g/mol. The van der Waals surface area contributed by atoms with Gasteiger partial charge in [-0.3, -0.25) is 4.39 Å². The Morgan fingerprint density at radius 1 is 1.00 bits per heavy atom. The average Bonchev–Trinajstić information content (AvgIpc) is 1.86. The fourth-order valence-corrected chi connectivity index (χ4v) is 0.445. The minimum absolute atomic E-state index is 1.77. The highest BCUT2D eigenvalue weighted by Crippen LogP contribution is 2.41. The molecule has 0 aliphatic rings. The maximum absolute atomic E-state index is 12.0. The molecule has 0 N–H and O–H groups in total. The van der Waals surface area contributed by atoms with Crippen molar-refractivity contribution in [2.75, 3.05) is 6.67 Å². The maximum Gasteiger partial charge on any atom is 0.369 e. The summed E-state index contributed by atoms with van der Waals surface area (Å²) >= 11 is 0. The fraction of sp³-hybridized carbons (Fsp3) is 1.00. The Balaban J connectivity index is 4.50. The molecule has 0 aliphatic carbocycles. The molecular weight excluding hydrogens is 193 g/mol. The van der Waals surface area contributed by atoms with Gasteiger partial charge < -0.3 is 0 Å². The lowest BCUT2D eigenvalue weighted by atomic mass is 10.1. The Bertz CT molecular complexity index is 141. The first-order valence-corrected chi connectivity index (χ1v) is 2.85. The topological polar surface area (TPSA) is 0 Å². The highest BCUT2D eigenvalue weighted by Gasteiger charge is 2.62. The van der Waals surface area contributed by atoms with Crippen LogP contribution in [-0.2, 0) is 0 Å². The van der Waals surface area contributed by atoms with Crippen molar-refractivity contribution in [3.63, 3.8) is 0 Å². The van der Waals surface area contributed by atoms with Crippen LogP contribution in [0.3, 0.4) is 0 Å². The minimum atomic E-state index is -5.46. The van der Waals surface area contributed by atoms with Crippen LogP contribution in [0.25, 0.3) is 0 Å². The highest BCUT2D eigenvalue weighted by molar-refractivity contribution is 4.86. The second-order valence-corrected chi connectivity index (χ2v) is 2.07. The quantitative estimate of drug-likeness (QED) is 0.609. The molecule has 7 heteroatoms. The molecular formula is C5H5F7. The van der Waals surface area contributed by atoms with E-state index >= 15 is 0 Å². The van der Waals surface area contributed by atoms with Crippen molar-refractivity contribution in [1.29, 1.82) is 0 Å².